The van der Waals surface area contributed by atoms with Gasteiger partial charge in [0.1, 0.15) is 5.75 Å². The molecular formula is C18H22O. The van der Waals surface area contributed by atoms with Gasteiger partial charge in [-0.15, -0.1) is 0 Å². The topological polar surface area (TPSA) is 9.23 Å². The maximum absolute atomic E-state index is 5.20. The molecule has 0 N–H and O–H groups in total. The molecule has 0 aliphatic carbocycles. The van der Waals surface area contributed by atoms with Gasteiger partial charge in [0.25, 0.3) is 0 Å². The van der Waals surface area contributed by atoms with E-state index >= 15 is 0 Å². The summed E-state index contributed by atoms with van der Waals surface area (Å²) in [6, 6.07) is 15.1. The van der Waals surface area contributed by atoms with Gasteiger partial charge in [0.05, 0.1) is 7.11 Å². The molecule has 2 aromatic carbocycles. The van der Waals surface area contributed by atoms with E-state index in [2.05, 4.69) is 51.1 Å². The summed E-state index contributed by atoms with van der Waals surface area (Å²) < 4.78 is 5.20. The number of ether oxygens (including phenoxy) is 1. The first-order valence-electron chi connectivity index (χ1n) is 6.93. The average molecular weight is 254 g/mol. The minimum atomic E-state index is 0.583. The second-order valence-electron chi connectivity index (χ2n) is 5.15. The average Bonchev–Trinajstić information content (AvgIpc) is 2.46. The summed E-state index contributed by atoms with van der Waals surface area (Å²) in [5.74, 6) is 1.48. The molecule has 0 heterocycles. The van der Waals surface area contributed by atoms with E-state index in [9.17, 15) is 0 Å². The van der Waals surface area contributed by atoms with Crippen LogP contribution in [0.4, 0.5) is 0 Å². The maximum atomic E-state index is 5.20. The fourth-order valence-corrected chi connectivity index (χ4v) is 2.44. The molecule has 1 heteroatoms. The lowest BCUT2D eigenvalue weighted by molar-refractivity contribution is 0.415. The summed E-state index contributed by atoms with van der Waals surface area (Å²) in [6.07, 6.45) is 1.08. The number of aryl methyl sites for hydroxylation is 1. The minimum absolute atomic E-state index is 0.583. The molecule has 0 aromatic heterocycles. The van der Waals surface area contributed by atoms with Crippen LogP contribution in [0.3, 0.4) is 0 Å². The van der Waals surface area contributed by atoms with Gasteiger partial charge in [-0.1, -0.05) is 51.1 Å². The lowest BCUT2D eigenvalue weighted by atomic mass is 9.92. The van der Waals surface area contributed by atoms with Crippen molar-refractivity contribution in [1.82, 2.24) is 0 Å². The number of methoxy groups -OCH3 is 1. The molecule has 0 fully saturated rings. The minimum Gasteiger partial charge on any atom is -0.497 e. The first-order valence-corrected chi connectivity index (χ1v) is 6.93. The fraction of sp³-hybridized carbons (Fsp3) is 0.333. The molecule has 0 aliphatic heterocycles. The normalized spacial score (nSPS) is 10.8. The highest BCUT2D eigenvalue weighted by molar-refractivity contribution is 5.65. The summed E-state index contributed by atoms with van der Waals surface area (Å²) >= 11 is 0. The van der Waals surface area contributed by atoms with E-state index in [-0.39, 0.29) is 0 Å². The van der Waals surface area contributed by atoms with Gasteiger partial charge in [-0.3, -0.25) is 0 Å². The van der Waals surface area contributed by atoms with Crippen LogP contribution in [0.15, 0.2) is 42.5 Å². The number of benzene rings is 2. The largest absolute Gasteiger partial charge is 0.497 e. The van der Waals surface area contributed by atoms with Crippen LogP contribution in [0, 0.1) is 0 Å². The predicted octanol–water partition coefficient (Wildman–Crippen LogP) is 5.05. The van der Waals surface area contributed by atoms with Crippen molar-refractivity contribution in [3.8, 4) is 16.9 Å². The second kappa shape index (κ2) is 5.92. The Hall–Kier alpha value is -1.76. The smallest absolute Gasteiger partial charge is 0.118 e. The second-order valence-corrected chi connectivity index (χ2v) is 5.15. The van der Waals surface area contributed by atoms with Gasteiger partial charge >= 0.3 is 0 Å². The molecule has 0 radical (unpaired) electrons. The van der Waals surface area contributed by atoms with Gasteiger partial charge < -0.3 is 4.74 Å². The molecule has 0 atom stereocenters. The van der Waals surface area contributed by atoms with Crippen molar-refractivity contribution in [2.24, 2.45) is 0 Å². The summed E-state index contributed by atoms with van der Waals surface area (Å²) in [5, 5.41) is 0. The lowest BCUT2D eigenvalue weighted by Gasteiger charge is -2.13. The summed E-state index contributed by atoms with van der Waals surface area (Å²) in [7, 11) is 1.70. The lowest BCUT2D eigenvalue weighted by Crippen LogP contribution is -1.95. The third-order valence-electron chi connectivity index (χ3n) is 3.57. The zero-order chi connectivity index (χ0) is 13.8. The van der Waals surface area contributed by atoms with Gasteiger partial charge in [0.15, 0.2) is 0 Å². The molecule has 100 valence electrons. The third-order valence-corrected chi connectivity index (χ3v) is 3.57. The number of hydrogen-bond donors (Lipinski definition) is 0. The summed E-state index contributed by atoms with van der Waals surface area (Å²) in [4.78, 5) is 0. The van der Waals surface area contributed by atoms with Crippen LogP contribution in [0.5, 0.6) is 5.75 Å². The first-order chi connectivity index (χ1) is 9.15. The molecule has 2 aromatic rings. The Balaban J connectivity index is 2.39. The molecule has 0 saturated carbocycles. The van der Waals surface area contributed by atoms with Crippen molar-refractivity contribution in [3.05, 3.63) is 53.6 Å². The van der Waals surface area contributed by atoms with Crippen LogP contribution >= 0.6 is 0 Å². The van der Waals surface area contributed by atoms with Gasteiger partial charge in [0.2, 0.25) is 0 Å². The van der Waals surface area contributed by atoms with E-state index in [1.165, 1.54) is 22.3 Å². The van der Waals surface area contributed by atoms with Crippen LogP contribution in [-0.2, 0) is 6.42 Å². The third kappa shape index (κ3) is 2.98. The SMILES string of the molecule is CCc1cc(-c2ccc(OC)cc2)ccc1C(C)C. The molecule has 0 amide bonds. The van der Waals surface area contributed by atoms with E-state index in [0.29, 0.717) is 5.92 Å². The van der Waals surface area contributed by atoms with E-state index in [1.807, 2.05) is 12.1 Å². The Labute approximate surface area is 116 Å². The van der Waals surface area contributed by atoms with Crippen LogP contribution < -0.4 is 4.74 Å². The van der Waals surface area contributed by atoms with Crippen molar-refractivity contribution >= 4 is 0 Å². The van der Waals surface area contributed by atoms with Crippen molar-refractivity contribution in [1.29, 1.82) is 0 Å². The molecule has 0 aliphatic rings. The van der Waals surface area contributed by atoms with Crippen LogP contribution in [-0.4, -0.2) is 7.11 Å². The molecule has 2 rings (SSSR count). The van der Waals surface area contributed by atoms with Crippen molar-refractivity contribution in [2.75, 3.05) is 7.11 Å². The maximum Gasteiger partial charge on any atom is 0.118 e. The Bertz CT molecular complexity index is 538. The Kier molecular flexibility index (Phi) is 4.26. The van der Waals surface area contributed by atoms with E-state index in [1.54, 1.807) is 7.11 Å². The van der Waals surface area contributed by atoms with Crippen LogP contribution in [0.25, 0.3) is 11.1 Å². The van der Waals surface area contributed by atoms with Gasteiger partial charge in [0, 0.05) is 0 Å². The van der Waals surface area contributed by atoms with E-state index in [4.69, 9.17) is 4.74 Å². The molecule has 19 heavy (non-hydrogen) atoms. The molecule has 0 saturated heterocycles. The van der Waals surface area contributed by atoms with Crippen molar-refractivity contribution in [3.63, 3.8) is 0 Å². The van der Waals surface area contributed by atoms with Gasteiger partial charge in [-0.05, 0) is 46.7 Å². The zero-order valence-electron chi connectivity index (χ0n) is 12.2. The molecular weight excluding hydrogens is 232 g/mol. The Morgan fingerprint density at radius 3 is 2.11 bits per heavy atom. The Morgan fingerprint density at radius 2 is 1.58 bits per heavy atom. The van der Waals surface area contributed by atoms with Crippen molar-refractivity contribution in [2.45, 2.75) is 33.1 Å². The fourth-order valence-electron chi connectivity index (χ4n) is 2.44. The molecule has 1 nitrogen and oxygen atoms in total. The Morgan fingerprint density at radius 1 is 0.947 bits per heavy atom. The van der Waals surface area contributed by atoms with Crippen LogP contribution in [0.1, 0.15) is 37.8 Å². The van der Waals surface area contributed by atoms with Crippen molar-refractivity contribution < 1.29 is 4.74 Å². The predicted molar refractivity (Wildman–Crippen MR) is 81.9 cm³/mol. The van der Waals surface area contributed by atoms with Gasteiger partial charge in [-0.25, -0.2) is 0 Å². The van der Waals surface area contributed by atoms with E-state index < -0.39 is 0 Å². The summed E-state index contributed by atoms with van der Waals surface area (Å²) in [6.45, 7) is 6.72. The number of hydrogen-bond acceptors (Lipinski definition) is 1. The molecule has 0 spiro atoms. The number of rotatable bonds is 4. The zero-order valence-corrected chi connectivity index (χ0v) is 12.2. The van der Waals surface area contributed by atoms with Gasteiger partial charge in [-0.2, -0.15) is 0 Å². The summed E-state index contributed by atoms with van der Waals surface area (Å²) in [5.41, 5.74) is 5.43. The van der Waals surface area contributed by atoms with Crippen LogP contribution in [0.2, 0.25) is 0 Å². The quantitative estimate of drug-likeness (QED) is 0.742. The standard InChI is InChI=1S/C18H22O/c1-5-14-12-16(8-11-18(14)13(2)3)15-6-9-17(19-4)10-7-15/h6-13H,5H2,1-4H3. The monoisotopic (exact) mass is 254 g/mol. The molecule has 0 unspecified atom stereocenters. The molecule has 0 bridgehead atoms. The highest BCUT2D eigenvalue weighted by Crippen LogP contribution is 2.28. The van der Waals surface area contributed by atoms with E-state index in [0.717, 1.165) is 12.2 Å². The first kappa shape index (κ1) is 13.7. The highest BCUT2D eigenvalue weighted by Gasteiger charge is 2.07. The highest BCUT2D eigenvalue weighted by atomic mass is 16.5.